The minimum Gasteiger partial charge on any atom is -0.495 e. The second kappa shape index (κ2) is 6.67. The Bertz CT molecular complexity index is 546. The zero-order valence-corrected chi connectivity index (χ0v) is 12.7. The molecule has 7 heteroatoms. The van der Waals surface area contributed by atoms with Crippen molar-refractivity contribution in [3.63, 3.8) is 0 Å². The van der Waals surface area contributed by atoms with Crippen molar-refractivity contribution in [1.29, 1.82) is 0 Å². The first-order chi connectivity index (χ1) is 9.99. The van der Waals surface area contributed by atoms with Gasteiger partial charge >= 0.3 is 6.03 Å². The summed E-state index contributed by atoms with van der Waals surface area (Å²) in [6.07, 6.45) is 1.94. The van der Waals surface area contributed by atoms with Gasteiger partial charge in [0.2, 0.25) is 5.91 Å². The molecular formula is C14H18ClN3O3. The van der Waals surface area contributed by atoms with Gasteiger partial charge in [0.05, 0.1) is 12.1 Å². The minimum atomic E-state index is -0.570. The number of carbonyl (C=O) groups excluding carboxylic acids is 2. The summed E-state index contributed by atoms with van der Waals surface area (Å²) in [5.41, 5.74) is 0.672. The molecule has 1 aliphatic rings. The fraction of sp³-hybridized carbons (Fsp3) is 0.429. The summed E-state index contributed by atoms with van der Waals surface area (Å²) < 4.78 is 5.06. The van der Waals surface area contributed by atoms with Gasteiger partial charge < -0.3 is 15.4 Å². The Morgan fingerprint density at radius 2 is 2.10 bits per heavy atom. The van der Waals surface area contributed by atoms with Gasteiger partial charge in [-0.1, -0.05) is 11.6 Å². The van der Waals surface area contributed by atoms with E-state index in [2.05, 4.69) is 16.0 Å². The van der Waals surface area contributed by atoms with E-state index in [4.69, 9.17) is 16.3 Å². The van der Waals surface area contributed by atoms with Gasteiger partial charge in [0.25, 0.3) is 0 Å². The molecule has 21 heavy (non-hydrogen) atoms. The average molecular weight is 312 g/mol. The Hall–Kier alpha value is -1.95. The van der Waals surface area contributed by atoms with Crippen LogP contribution in [0.25, 0.3) is 0 Å². The van der Waals surface area contributed by atoms with Crippen molar-refractivity contribution in [1.82, 2.24) is 10.6 Å². The summed E-state index contributed by atoms with van der Waals surface area (Å²) in [5, 5.41) is 8.41. The molecule has 1 aromatic rings. The second-order valence-corrected chi connectivity index (χ2v) is 5.36. The molecule has 1 fully saturated rings. The summed E-state index contributed by atoms with van der Waals surface area (Å²) in [7, 11) is 1.53. The van der Waals surface area contributed by atoms with E-state index >= 15 is 0 Å². The molecular weight excluding hydrogens is 294 g/mol. The number of imide groups is 1. The van der Waals surface area contributed by atoms with Crippen molar-refractivity contribution in [2.24, 2.45) is 0 Å². The third-order valence-electron chi connectivity index (χ3n) is 3.08. The molecule has 3 amide bonds. The van der Waals surface area contributed by atoms with Gasteiger partial charge in [-0.25, -0.2) is 4.79 Å². The molecule has 1 unspecified atom stereocenters. The Kier molecular flexibility index (Phi) is 4.90. The van der Waals surface area contributed by atoms with Gasteiger partial charge in [0.1, 0.15) is 11.8 Å². The lowest BCUT2D eigenvalue weighted by molar-refractivity contribution is -0.120. The Labute approximate surface area is 128 Å². The van der Waals surface area contributed by atoms with E-state index < -0.39 is 18.0 Å². The largest absolute Gasteiger partial charge is 0.495 e. The topological polar surface area (TPSA) is 79.5 Å². The number of hydrogen-bond donors (Lipinski definition) is 3. The second-order valence-electron chi connectivity index (χ2n) is 4.95. The van der Waals surface area contributed by atoms with Gasteiger partial charge in [-0.2, -0.15) is 0 Å². The number of anilines is 1. The normalized spacial score (nSPS) is 15.0. The Balaban J connectivity index is 1.87. The standard InChI is InChI=1S/C14H18ClN3O3/c1-8(13(19)18-14(20)17-9-3-4-9)16-10-5-6-12(21-2)11(15)7-10/h5-9,16H,3-4H2,1-2H3,(H2,17,18,19,20). The maximum atomic E-state index is 11.9. The van der Waals surface area contributed by atoms with Gasteiger partial charge in [-0.15, -0.1) is 0 Å². The molecule has 3 N–H and O–H groups in total. The molecule has 0 saturated heterocycles. The summed E-state index contributed by atoms with van der Waals surface area (Å²) in [4.78, 5) is 23.4. The number of benzene rings is 1. The van der Waals surface area contributed by atoms with Gasteiger partial charge in [-0.3, -0.25) is 10.1 Å². The third-order valence-corrected chi connectivity index (χ3v) is 3.37. The van der Waals surface area contributed by atoms with Crippen LogP contribution in [0.1, 0.15) is 19.8 Å². The number of ether oxygens (including phenoxy) is 1. The van der Waals surface area contributed by atoms with E-state index in [-0.39, 0.29) is 6.04 Å². The van der Waals surface area contributed by atoms with Crippen LogP contribution in [0.5, 0.6) is 5.75 Å². The molecule has 0 spiro atoms. The van der Waals surface area contributed by atoms with Crippen molar-refractivity contribution in [3.8, 4) is 5.75 Å². The van der Waals surface area contributed by atoms with E-state index in [1.807, 2.05) is 0 Å². The quantitative estimate of drug-likeness (QED) is 0.778. The highest BCUT2D eigenvalue weighted by Crippen LogP contribution is 2.27. The summed E-state index contributed by atoms with van der Waals surface area (Å²) in [6.45, 7) is 1.66. The van der Waals surface area contributed by atoms with Crippen molar-refractivity contribution in [2.75, 3.05) is 12.4 Å². The van der Waals surface area contributed by atoms with E-state index in [0.29, 0.717) is 16.5 Å². The summed E-state index contributed by atoms with van der Waals surface area (Å²) in [6, 6.07) is 4.30. The number of rotatable bonds is 5. The van der Waals surface area contributed by atoms with Crippen LogP contribution < -0.4 is 20.7 Å². The van der Waals surface area contributed by atoms with Crippen molar-refractivity contribution >= 4 is 29.2 Å². The molecule has 0 aromatic heterocycles. The van der Waals surface area contributed by atoms with Gasteiger partial charge in [0.15, 0.2) is 0 Å². The van der Waals surface area contributed by atoms with Crippen LogP contribution >= 0.6 is 11.6 Å². The molecule has 0 heterocycles. The number of halogens is 1. The van der Waals surface area contributed by atoms with Crippen LogP contribution in [0.2, 0.25) is 5.02 Å². The third kappa shape index (κ3) is 4.53. The SMILES string of the molecule is COc1ccc(NC(C)C(=O)NC(=O)NC2CC2)cc1Cl. The lowest BCUT2D eigenvalue weighted by Crippen LogP contribution is -2.46. The highest BCUT2D eigenvalue weighted by molar-refractivity contribution is 6.32. The number of methoxy groups -OCH3 is 1. The van der Waals surface area contributed by atoms with Crippen LogP contribution in [0.15, 0.2) is 18.2 Å². The molecule has 2 rings (SSSR count). The molecule has 1 aromatic carbocycles. The number of carbonyl (C=O) groups is 2. The van der Waals surface area contributed by atoms with Crippen LogP contribution in [0.4, 0.5) is 10.5 Å². The number of urea groups is 1. The van der Waals surface area contributed by atoms with Crippen molar-refractivity contribution < 1.29 is 14.3 Å². The Morgan fingerprint density at radius 3 is 2.67 bits per heavy atom. The van der Waals surface area contributed by atoms with Crippen LogP contribution in [0.3, 0.4) is 0 Å². The predicted octanol–water partition coefficient (Wildman–Crippen LogP) is 2.14. The predicted molar refractivity (Wildman–Crippen MR) is 80.8 cm³/mol. The number of hydrogen-bond acceptors (Lipinski definition) is 4. The molecule has 0 aliphatic heterocycles. The maximum absolute atomic E-state index is 11.9. The van der Waals surface area contributed by atoms with E-state index in [0.717, 1.165) is 12.8 Å². The Morgan fingerprint density at radius 1 is 1.38 bits per heavy atom. The first-order valence-corrected chi connectivity index (χ1v) is 7.09. The fourth-order valence-corrected chi connectivity index (χ4v) is 2.00. The highest BCUT2D eigenvalue weighted by Gasteiger charge is 2.24. The zero-order chi connectivity index (χ0) is 15.4. The average Bonchev–Trinajstić information content (AvgIpc) is 3.22. The van der Waals surface area contributed by atoms with E-state index in [9.17, 15) is 9.59 Å². The molecule has 1 aliphatic carbocycles. The summed E-state index contributed by atoms with van der Waals surface area (Å²) >= 11 is 6.01. The molecule has 1 atom stereocenters. The van der Waals surface area contributed by atoms with Crippen molar-refractivity contribution in [3.05, 3.63) is 23.2 Å². The fourth-order valence-electron chi connectivity index (χ4n) is 1.74. The molecule has 0 radical (unpaired) electrons. The van der Waals surface area contributed by atoms with Gasteiger partial charge in [0, 0.05) is 11.7 Å². The molecule has 114 valence electrons. The van der Waals surface area contributed by atoms with Crippen LogP contribution in [-0.2, 0) is 4.79 Å². The monoisotopic (exact) mass is 311 g/mol. The van der Waals surface area contributed by atoms with E-state index in [1.165, 1.54) is 7.11 Å². The van der Waals surface area contributed by atoms with Crippen molar-refractivity contribution in [2.45, 2.75) is 31.8 Å². The maximum Gasteiger partial charge on any atom is 0.321 e. The smallest absolute Gasteiger partial charge is 0.321 e. The van der Waals surface area contributed by atoms with Crippen LogP contribution in [0, 0.1) is 0 Å². The number of amides is 3. The van der Waals surface area contributed by atoms with Gasteiger partial charge in [-0.05, 0) is 38.0 Å². The first-order valence-electron chi connectivity index (χ1n) is 6.71. The first kappa shape index (κ1) is 15.4. The zero-order valence-electron chi connectivity index (χ0n) is 11.9. The highest BCUT2D eigenvalue weighted by atomic mass is 35.5. The minimum absolute atomic E-state index is 0.210. The molecule has 6 nitrogen and oxygen atoms in total. The lowest BCUT2D eigenvalue weighted by atomic mass is 10.2. The summed E-state index contributed by atoms with van der Waals surface area (Å²) in [5.74, 6) is 0.156. The molecule has 0 bridgehead atoms. The number of nitrogens with one attached hydrogen (secondary N) is 3. The van der Waals surface area contributed by atoms with E-state index in [1.54, 1.807) is 25.1 Å². The lowest BCUT2D eigenvalue weighted by Gasteiger charge is -2.15. The van der Waals surface area contributed by atoms with Crippen LogP contribution in [-0.4, -0.2) is 31.1 Å². The molecule has 1 saturated carbocycles.